The molecule has 0 atom stereocenters. The molecule has 0 aliphatic heterocycles. The molecule has 2 aromatic rings. The first-order chi connectivity index (χ1) is 7.76. The van der Waals surface area contributed by atoms with E-state index >= 15 is 0 Å². The van der Waals surface area contributed by atoms with Gasteiger partial charge in [0.25, 0.3) is 5.56 Å². The number of aromatic nitrogens is 2. The van der Waals surface area contributed by atoms with Gasteiger partial charge >= 0.3 is 0 Å². The molecule has 0 spiro atoms. The molecule has 2 heterocycles. The van der Waals surface area contributed by atoms with Crippen LogP contribution in [0.4, 0.5) is 0 Å². The predicted molar refractivity (Wildman–Crippen MR) is 71.7 cm³/mol. The average Bonchev–Trinajstić information content (AvgIpc) is 2.67. The van der Waals surface area contributed by atoms with Gasteiger partial charge in [-0.1, -0.05) is 29.3 Å². The summed E-state index contributed by atoms with van der Waals surface area (Å²) in [5.74, 6) is 0. The van der Waals surface area contributed by atoms with E-state index in [4.69, 9.17) is 0 Å². The van der Waals surface area contributed by atoms with Crippen LogP contribution in [0.1, 0.15) is 18.2 Å². The molecule has 0 aliphatic rings. The molecule has 0 radical (unpaired) electrons. The van der Waals surface area contributed by atoms with Crippen molar-refractivity contribution in [3.05, 3.63) is 27.6 Å². The fourth-order valence-electron chi connectivity index (χ4n) is 1.63. The van der Waals surface area contributed by atoms with Crippen molar-refractivity contribution < 1.29 is 0 Å². The number of aryl methyl sites for hydroxylation is 2. The summed E-state index contributed by atoms with van der Waals surface area (Å²) in [6.07, 6.45) is 3.76. The van der Waals surface area contributed by atoms with Gasteiger partial charge < -0.3 is 0 Å². The topological polar surface area (TPSA) is 34.9 Å². The van der Waals surface area contributed by atoms with Gasteiger partial charge in [0.15, 0.2) is 0 Å². The van der Waals surface area contributed by atoms with Crippen molar-refractivity contribution in [3.8, 4) is 0 Å². The molecule has 0 amide bonds. The van der Waals surface area contributed by atoms with Crippen LogP contribution >= 0.6 is 27.3 Å². The van der Waals surface area contributed by atoms with Crippen LogP contribution in [-0.4, -0.2) is 14.9 Å². The molecular weight excluding hydrogens is 288 g/mol. The highest BCUT2D eigenvalue weighted by Gasteiger charge is 2.07. The molecule has 3 nitrogen and oxygen atoms in total. The minimum absolute atomic E-state index is 0.0723. The summed E-state index contributed by atoms with van der Waals surface area (Å²) in [7, 11) is 0. The second kappa shape index (κ2) is 5.10. The summed E-state index contributed by atoms with van der Waals surface area (Å²) in [4.78, 5) is 18.5. The Balaban J connectivity index is 2.51. The first-order valence-corrected chi connectivity index (χ1v) is 7.24. The number of rotatable bonds is 4. The molecule has 0 aromatic carbocycles. The Bertz CT molecular complexity index is 546. The zero-order valence-corrected chi connectivity index (χ0v) is 11.5. The molecule has 0 bridgehead atoms. The number of hydrogen-bond donors (Lipinski definition) is 0. The molecule has 0 saturated carbocycles. The maximum absolute atomic E-state index is 12.0. The first-order valence-electron chi connectivity index (χ1n) is 5.30. The summed E-state index contributed by atoms with van der Waals surface area (Å²) in [5, 5.41) is 1.53. The van der Waals surface area contributed by atoms with Gasteiger partial charge in [0.2, 0.25) is 0 Å². The lowest BCUT2D eigenvalue weighted by Gasteiger charge is -2.00. The van der Waals surface area contributed by atoms with Gasteiger partial charge in [0.05, 0.1) is 11.7 Å². The van der Waals surface area contributed by atoms with E-state index in [1.54, 1.807) is 22.2 Å². The molecule has 0 aliphatic carbocycles. The smallest absolute Gasteiger partial charge is 0.262 e. The standard InChI is InChI=1S/C11H13BrN2OS/c1-2-3-8-6-9-10(16-8)13-7-14(5-4-12)11(9)15/h6-7H,2-5H2,1H3. The van der Waals surface area contributed by atoms with Crippen molar-refractivity contribution in [2.75, 3.05) is 5.33 Å². The maximum atomic E-state index is 12.0. The number of fused-ring (bicyclic) bond motifs is 1. The Morgan fingerprint density at radius 3 is 3.06 bits per heavy atom. The quantitative estimate of drug-likeness (QED) is 0.814. The molecular formula is C11H13BrN2OS. The highest BCUT2D eigenvalue weighted by molar-refractivity contribution is 9.09. The van der Waals surface area contributed by atoms with E-state index in [-0.39, 0.29) is 5.56 Å². The van der Waals surface area contributed by atoms with Crippen molar-refractivity contribution in [1.82, 2.24) is 9.55 Å². The van der Waals surface area contributed by atoms with E-state index in [9.17, 15) is 4.79 Å². The van der Waals surface area contributed by atoms with Crippen LogP contribution in [0, 0.1) is 0 Å². The monoisotopic (exact) mass is 300 g/mol. The van der Waals surface area contributed by atoms with Crippen LogP contribution in [0.3, 0.4) is 0 Å². The highest BCUT2D eigenvalue weighted by atomic mass is 79.9. The first kappa shape index (κ1) is 11.8. The van der Waals surface area contributed by atoms with Crippen molar-refractivity contribution in [1.29, 1.82) is 0 Å². The molecule has 2 rings (SSSR count). The van der Waals surface area contributed by atoms with Gasteiger partial charge in [-0.05, 0) is 12.5 Å². The minimum atomic E-state index is 0.0723. The number of alkyl halides is 1. The molecule has 2 aromatic heterocycles. The van der Waals surface area contributed by atoms with E-state index in [1.165, 1.54) is 4.88 Å². The number of nitrogens with zero attached hydrogens (tertiary/aromatic N) is 2. The zero-order valence-electron chi connectivity index (χ0n) is 9.07. The van der Waals surface area contributed by atoms with E-state index < -0.39 is 0 Å². The minimum Gasteiger partial charge on any atom is -0.298 e. The van der Waals surface area contributed by atoms with Crippen molar-refractivity contribution >= 4 is 37.5 Å². The Morgan fingerprint density at radius 2 is 2.38 bits per heavy atom. The van der Waals surface area contributed by atoms with Gasteiger partial charge in [-0.15, -0.1) is 11.3 Å². The largest absolute Gasteiger partial charge is 0.298 e. The van der Waals surface area contributed by atoms with Crippen LogP contribution in [0.2, 0.25) is 0 Å². The molecule has 0 saturated heterocycles. The summed E-state index contributed by atoms with van der Waals surface area (Å²) in [6.45, 7) is 2.81. The number of thiophene rings is 1. The van der Waals surface area contributed by atoms with Crippen LogP contribution in [-0.2, 0) is 13.0 Å². The van der Waals surface area contributed by atoms with Gasteiger partial charge in [0.1, 0.15) is 4.83 Å². The normalized spacial score (nSPS) is 11.1. The molecule has 86 valence electrons. The fourth-order valence-corrected chi connectivity index (χ4v) is 3.10. The van der Waals surface area contributed by atoms with Crippen LogP contribution in [0.25, 0.3) is 10.2 Å². The number of hydrogen-bond acceptors (Lipinski definition) is 3. The Morgan fingerprint density at radius 1 is 1.56 bits per heavy atom. The van der Waals surface area contributed by atoms with E-state index in [0.29, 0.717) is 6.54 Å². The average molecular weight is 301 g/mol. The zero-order chi connectivity index (χ0) is 11.5. The second-order valence-corrected chi connectivity index (χ2v) is 5.52. The van der Waals surface area contributed by atoms with Gasteiger partial charge in [-0.25, -0.2) is 4.98 Å². The fraction of sp³-hybridized carbons (Fsp3) is 0.455. The van der Waals surface area contributed by atoms with Crippen LogP contribution in [0.5, 0.6) is 0 Å². The lowest BCUT2D eigenvalue weighted by atomic mass is 10.2. The summed E-state index contributed by atoms with van der Waals surface area (Å²) in [6, 6.07) is 1.99. The number of halogens is 1. The van der Waals surface area contributed by atoms with Crippen LogP contribution < -0.4 is 5.56 Å². The lowest BCUT2D eigenvalue weighted by Crippen LogP contribution is -2.20. The Labute approximate surface area is 106 Å². The summed E-state index contributed by atoms with van der Waals surface area (Å²) in [5.41, 5.74) is 0.0723. The third-order valence-electron chi connectivity index (χ3n) is 2.39. The molecule has 0 unspecified atom stereocenters. The predicted octanol–water partition coefficient (Wildman–Crippen LogP) is 2.81. The van der Waals surface area contributed by atoms with Gasteiger partial charge in [-0.2, -0.15) is 0 Å². The maximum Gasteiger partial charge on any atom is 0.262 e. The van der Waals surface area contributed by atoms with E-state index in [0.717, 1.165) is 28.4 Å². The third-order valence-corrected chi connectivity index (χ3v) is 3.85. The van der Waals surface area contributed by atoms with Gasteiger partial charge in [-0.3, -0.25) is 9.36 Å². The van der Waals surface area contributed by atoms with Crippen LogP contribution in [0.15, 0.2) is 17.2 Å². The highest BCUT2D eigenvalue weighted by Crippen LogP contribution is 2.21. The Kier molecular flexibility index (Phi) is 3.76. The van der Waals surface area contributed by atoms with E-state index in [2.05, 4.69) is 27.8 Å². The summed E-state index contributed by atoms with van der Waals surface area (Å²) >= 11 is 4.96. The van der Waals surface area contributed by atoms with Gasteiger partial charge in [0, 0.05) is 16.8 Å². The molecule has 0 N–H and O–H groups in total. The van der Waals surface area contributed by atoms with Crippen molar-refractivity contribution in [2.45, 2.75) is 26.3 Å². The molecule has 16 heavy (non-hydrogen) atoms. The van der Waals surface area contributed by atoms with Crippen molar-refractivity contribution in [3.63, 3.8) is 0 Å². The SMILES string of the molecule is CCCc1cc2c(=O)n(CCBr)cnc2s1. The second-order valence-electron chi connectivity index (χ2n) is 3.61. The molecule has 0 fully saturated rings. The third kappa shape index (κ3) is 2.20. The van der Waals surface area contributed by atoms with E-state index in [1.807, 2.05) is 6.07 Å². The molecule has 5 heteroatoms. The van der Waals surface area contributed by atoms with Crippen molar-refractivity contribution in [2.24, 2.45) is 0 Å². The Hall–Kier alpha value is -0.680. The summed E-state index contributed by atoms with van der Waals surface area (Å²) < 4.78 is 1.65. The lowest BCUT2D eigenvalue weighted by molar-refractivity contribution is 0.729.